The smallest absolute Gasteiger partial charge is 0.239 e. The second-order valence-corrected chi connectivity index (χ2v) is 7.02. The van der Waals surface area contributed by atoms with E-state index in [-0.39, 0.29) is 17.9 Å². The molecule has 2 aliphatic heterocycles. The van der Waals surface area contributed by atoms with Crippen molar-refractivity contribution >= 4 is 5.91 Å². The lowest BCUT2D eigenvalue weighted by atomic mass is 9.96. The molecule has 3 unspecified atom stereocenters. The van der Waals surface area contributed by atoms with Gasteiger partial charge in [-0.3, -0.25) is 4.79 Å². The van der Waals surface area contributed by atoms with Crippen LogP contribution in [-0.4, -0.2) is 57.7 Å². The lowest BCUT2D eigenvalue weighted by Crippen LogP contribution is -2.47. The van der Waals surface area contributed by atoms with Crippen LogP contribution in [0.1, 0.15) is 31.0 Å². The van der Waals surface area contributed by atoms with Crippen molar-refractivity contribution in [2.75, 3.05) is 19.6 Å². The number of likely N-dealkylation sites (tertiary alicyclic amines) is 1. The molecule has 1 aromatic heterocycles. The maximum absolute atomic E-state index is 12.7. The van der Waals surface area contributed by atoms with Gasteiger partial charge in [-0.25, -0.2) is 4.98 Å². The minimum Gasteiger partial charge on any atom is -0.392 e. The number of hydrogen-bond acceptors (Lipinski definition) is 4. The van der Waals surface area contributed by atoms with E-state index in [2.05, 4.69) is 27.4 Å². The SMILES string of the molecule is O=C(C1CC(O)CN1)N1CCCC(c2ncc(-c3ccccc3)[nH]2)C1. The first-order valence-electron chi connectivity index (χ1n) is 9.01. The fourth-order valence-corrected chi connectivity index (χ4v) is 3.83. The summed E-state index contributed by atoms with van der Waals surface area (Å²) in [5, 5.41) is 12.8. The Morgan fingerprint density at radius 3 is 2.88 bits per heavy atom. The number of carbonyl (C=O) groups is 1. The zero-order chi connectivity index (χ0) is 17.2. The van der Waals surface area contributed by atoms with Gasteiger partial charge in [0.25, 0.3) is 0 Å². The van der Waals surface area contributed by atoms with Gasteiger partial charge < -0.3 is 20.3 Å². The summed E-state index contributed by atoms with van der Waals surface area (Å²) in [6.45, 7) is 1.98. The molecule has 3 atom stereocenters. The van der Waals surface area contributed by atoms with Crippen LogP contribution in [0.25, 0.3) is 11.3 Å². The van der Waals surface area contributed by atoms with Gasteiger partial charge in [-0.15, -0.1) is 0 Å². The number of β-amino-alcohol motifs (C(OH)–C–C–N with tert-alkyl or cyclic N) is 1. The third-order valence-corrected chi connectivity index (χ3v) is 5.21. The molecule has 2 saturated heterocycles. The zero-order valence-electron chi connectivity index (χ0n) is 14.2. The van der Waals surface area contributed by atoms with E-state index in [9.17, 15) is 9.90 Å². The number of carbonyl (C=O) groups excluding carboxylic acids is 1. The Bertz CT molecular complexity index is 730. The average molecular weight is 340 g/mol. The Balaban J connectivity index is 1.45. The number of imidazole rings is 1. The van der Waals surface area contributed by atoms with Crippen molar-refractivity contribution in [1.29, 1.82) is 0 Å². The summed E-state index contributed by atoms with van der Waals surface area (Å²) in [6.07, 6.45) is 3.99. The number of nitrogens with zero attached hydrogens (tertiary/aromatic N) is 2. The second-order valence-electron chi connectivity index (χ2n) is 7.02. The van der Waals surface area contributed by atoms with Crippen LogP contribution >= 0.6 is 0 Å². The van der Waals surface area contributed by atoms with Crippen molar-refractivity contribution in [1.82, 2.24) is 20.2 Å². The molecule has 1 aromatic carbocycles. The minimum atomic E-state index is -0.409. The molecule has 0 radical (unpaired) electrons. The van der Waals surface area contributed by atoms with Crippen LogP contribution in [0.4, 0.5) is 0 Å². The number of aliphatic hydroxyl groups excluding tert-OH is 1. The summed E-state index contributed by atoms with van der Waals surface area (Å²) < 4.78 is 0. The first-order chi connectivity index (χ1) is 12.2. The number of benzene rings is 1. The zero-order valence-corrected chi connectivity index (χ0v) is 14.2. The first kappa shape index (κ1) is 16.3. The van der Waals surface area contributed by atoms with Crippen molar-refractivity contribution in [2.24, 2.45) is 0 Å². The van der Waals surface area contributed by atoms with Gasteiger partial charge in [0.15, 0.2) is 0 Å². The van der Waals surface area contributed by atoms with Gasteiger partial charge >= 0.3 is 0 Å². The normalized spacial score (nSPS) is 26.8. The standard InChI is InChI=1S/C19H24N4O2/c24-15-9-16(20-10-15)19(25)23-8-4-7-14(12-23)18-21-11-17(22-18)13-5-2-1-3-6-13/h1-3,5-6,11,14-16,20,24H,4,7-10,12H2,(H,21,22). The van der Waals surface area contributed by atoms with Crippen molar-refractivity contribution in [3.05, 3.63) is 42.4 Å². The largest absolute Gasteiger partial charge is 0.392 e. The molecule has 25 heavy (non-hydrogen) atoms. The highest BCUT2D eigenvalue weighted by atomic mass is 16.3. The molecule has 0 spiro atoms. The number of aliphatic hydroxyl groups is 1. The van der Waals surface area contributed by atoms with E-state index in [4.69, 9.17) is 0 Å². The second kappa shape index (κ2) is 6.98. The predicted octanol–water partition coefficient (Wildman–Crippen LogP) is 1.51. The molecule has 2 aliphatic rings. The van der Waals surface area contributed by atoms with Gasteiger partial charge in [0.1, 0.15) is 5.82 Å². The molecular formula is C19H24N4O2. The number of H-pyrrole nitrogens is 1. The highest BCUT2D eigenvalue weighted by Crippen LogP contribution is 2.28. The number of nitrogens with one attached hydrogen (secondary N) is 2. The number of rotatable bonds is 3. The fraction of sp³-hybridized carbons (Fsp3) is 0.474. The van der Waals surface area contributed by atoms with Crippen LogP contribution in [0.15, 0.2) is 36.5 Å². The fourth-order valence-electron chi connectivity index (χ4n) is 3.83. The van der Waals surface area contributed by atoms with Gasteiger partial charge in [0, 0.05) is 25.6 Å². The molecule has 132 valence electrons. The van der Waals surface area contributed by atoms with Crippen molar-refractivity contribution in [2.45, 2.75) is 37.3 Å². The first-order valence-corrected chi connectivity index (χ1v) is 9.01. The molecule has 6 heteroatoms. The summed E-state index contributed by atoms with van der Waals surface area (Å²) >= 11 is 0. The molecule has 0 aliphatic carbocycles. The molecule has 1 amide bonds. The highest BCUT2D eigenvalue weighted by molar-refractivity contribution is 5.82. The van der Waals surface area contributed by atoms with E-state index >= 15 is 0 Å². The van der Waals surface area contributed by atoms with Gasteiger partial charge in [-0.2, -0.15) is 0 Å². The summed E-state index contributed by atoms with van der Waals surface area (Å²) in [5.41, 5.74) is 2.13. The van der Waals surface area contributed by atoms with E-state index in [1.165, 1.54) is 0 Å². The minimum absolute atomic E-state index is 0.107. The van der Waals surface area contributed by atoms with Crippen LogP contribution in [0.3, 0.4) is 0 Å². The van der Waals surface area contributed by atoms with E-state index in [1.54, 1.807) is 0 Å². The summed E-state index contributed by atoms with van der Waals surface area (Å²) in [4.78, 5) is 22.6. The molecule has 2 aromatic rings. The number of aromatic nitrogens is 2. The van der Waals surface area contributed by atoms with Gasteiger partial charge in [0.2, 0.25) is 5.91 Å². The molecule has 3 N–H and O–H groups in total. The topological polar surface area (TPSA) is 81.2 Å². The van der Waals surface area contributed by atoms with Crippen LogP contribution in [-0.2, 0) is 4.79 Å². The van der Waals surface area contributed by atoms with Crippen LogP contribution in [0, 0.1) is 0 Å². The average Bonchev–Trinajstić information content (AvgIpc) is 3.31. The van der Waals surface area contributed by atoms with Gasteiger partial charge in [-0.05, 0) is 24.8 Å². The van der Waals surface area contributed by atoms with Crippen molar-refractivity contribution in [3.63, 3.8) is 0 Å². The molecule has 2 fully saturated rings. The summed E-state index contributed by atoms with van der Waals surface area (Å²) in [7, 11) is 0. The van der Waals surface area contributed by atoms with Crippen molar-refractivity contribution < 1.29 is 9.90 Å². The van der Waals surface area contributed by atoms with Gasteiger partial charge in [0.05, 0.1) is 24.0 Å². The molecule has 0 saturated carbocycles. The lowest BCUT2D eigenvalue weighted by Gasteiger charge is -2.33. The molecule has 4 rings (SSSR count). The van der Waals surface area contributed by atoms with E-state index < -0.39 is 6.10 Å². The Kier molecular flexibility index (Phi) is 4.55. The Hall–Kier alpha value is -2.18. The predicted molar refractivity (Wildman–Crippen MR) is 95.0 cm³/mol. The lowest BCUT2D eigenvalue weighted by molar-refractivity contribution is -0.134. The number of amides is 1. The summed E-state index contributed by atoms with van der Waals surface area (Å²) in [6, 6.07) is 9.90. The Morgan fingerprint density at radius 1 is 1.28 bits per heavy atom. The maximum Gasteiger partial charge on any atom is 0.239 e. The maximum atomic E-state index is 12.7. The van der Waals surface area contributed by atoms with E-state index in [0.29, 0.717) is 19.5 Å². The third-order valence-electron chi connectivity index (χ3n) is 5.21. The highest BCUT2D eigenvalue weighted by Gasteiger charge is 2.34. The molecule has 3 heterocycles. The molecular weight excluding hydrogens is 316 g/mol. The molecule has 0 bridgehead atoms. The molecule has 6 nitrogen and oxygen atoms in total. The van der Waals surface area contributed by atoms with E-state index in [0.717, 1.165) is 36.5 Å². The number of hydrogen-bond donors (Lipinski definition) is 3. The monoisotopic (exact) mass is 340 g/mol. The Morgan fingerprint density at radius 2 is 2.12 bits per heavy atom. The van der Waals surface area contributed by atoms with Crippen LogP contribution < -0.4 is 5.32 Å². The summed E-state index contributed by atoms with van der Waals surface area (Å²) in [5.74, 6) is 1.30. The number of aromatic amines is 1. The van der Waals surface area contributed by atoms with Gasteiger partial charge in [-0.1, -0.05) is 30.3 Å². The van der Waals surface area contributed by atoms with Crippen LogP contribution in [0.5, 0.6) is 0 Å². The third kappa shape index (κ3) is 3.45. The number of piperidine rings is 1. The van der Waals surface area contributed by atoms with Crippen LogP contribution in [0.2, 0.25) is 0 Å². The van der Waals surface area contributed by atoms with Crippen molar-refractivity contribution in [3.8, 4) is 11.3 Å². The quantitative estimate of drug-likeness (QED) is 0.791. The Labute approximate surface area is 147 Å². The van der Waals surface area contributed by atoms with E-state index in [1.807, 2.05) is 29.3 Å².